The molecule has 2 aromatic carbocycles. The van der Waals surface area contributed by atoms with Crippen molar-refractivity contribution in [2.75, 3.05) is 33.2 Å². The average molecular weight is 487 g/mol. The first kappa shape index (κ1) is 23.2. The molecular weight excluding hydrogens is 460 g/mol. The molecule has 0 aromatic heterocycles. The number of benzene rings is 2. The molecule has 6 nitrogen and oxygen atoms in total. The van der Waals surface area contributed by atoms with Gasteiger partial charge in [-0.3, -0.25) is 14.5 Å². The lowest BCUT2D eigenvalue weighted by molar-refractivity contribution is -0.143. The Bertz CT molecular complexity index is 954. The molecule has 2 N–H and O–H groups in total. The highest BCUT2D eigenvalue weighted by Crippen LogP contribution is 2.38. The second-order valence-corrected chi connectivity index (χ2v) is 8.68. The van der Waals surface area contributed by atoms with Gasteiger partial charge in [-0.25, -0.2) is 0 Å². The van der Waals surface area contributed by atoms with E-state index in [9.17, 15) is 9.59 Å². The largest absolute Gasteiger partial charge is 0.481 e. The zero-order valence-corrected chi connectivity index (χ0v) is 19.1. The lowest BCUT2D eigenvalue weighted by Gasteiger charge is -2.39. The molecule has 0 radical (unpaired) electrons. The number of halogens is 1. The molecule has 1 aliphatic heterocycles. The van der Waals surface area contributed by atoms with Crippen LogP contribution in [0.25, 0.3) is 12.2 Å². The first-order valence-corrected chi connectivity index (χ1v) is 11.1. The van der Waals surface area contributed by atoms with Gasteiger partial charge in [-0.1, -0.05) is 58.4 Å². The molecule has 0 saturated carbocycles. The Morgan fingerprint density at radius 2 is 1.48 bits per heavy atom. The highest BCUT2D eigenvalue weighted by molar-refractivity contribution is 9.10. The molecule has 164 valence electrons. The van der Waals surface area contributed by atoms with Crippen molar-refractivity contribution in [3.63, 3.8) is 0 Å². The fraction of sp³-hybridized carbons (Fsp3) is 0.333. The van der Waals surface area contributed by atoms with E-state index in [-0.39, 0.29) is 12.8 Å². The topological polar surface area (TPSA) is 81.1 Å². The van der Waals surface area contributed by atoms with Gasteiger partial charge in [-0.05, 0) is 41.4 Å². The Morgan fingerprint density at radius 3 is 2.10 bits per heavy atom. The van der Waals surface area contributed by atoms with Crippen molar-refractivity contribution in [2.24, 2.45) is 0 Å². The summed E-state index contributed by atoms with van der Waals surface area (Å²) in [5.41, 5.74) is 5.49. The summed E-state index contributed by atoms with van der Waals surface area (Å²) in [4.78, 5) is 24.3. The summed E-state index contributed by atoms with van der Waals surface area (Å²) in [7, 11) is 2.21. The number of aliphatic carboxylic acids is 2. The number of piperazine rings is 1. The minimum absolute atomic E-state index is 0.296. The van der Waals surface area contributed by atoms with Crippen LogP contribution in [0.3, 0.4) is 0 Å². The van der Waals surface area contributed by atoms with Crippen molar-refractivity contribution in [1.82, 2.24) is 9.80 Å². The number of carboxylic acids is 2. The normalized spacial score (nSPS) is 18.2. The summed E-state index contributed by atoms with van der Waals surface area (Å²) in [5, 5.41) is 15.8. The maximum Gasteiger partial charge on any atom is 0.303 e. The number of carboxylic acid groups (broad SMARTS) is 2. The second-order valence-electron chi connectivity index (χ2n) is 7.76. The maximum atomic E-state index is 9.64. The summed E-state index contributed by atoms with van der Waals surface area (Å²) < 4.78 is 1.16. The molecular formula is C24H27BrN2O4. The highest BCUT2D eigenvalue weighted by atomic mass is 79.9. The van der Waals surface area contributed by atoms with Crippen LogP contribution in [0.2, 0.25) is 0 Å². The van der Waals surface area contributed by atoms with Crippen molar-refractivity contribution >= 4 is 40.0 Å². The average Bonchev–Trinajstić information content (AvgIpc) is 2.90. The standard InChI is InChI=1S/C20H21BrN2.C4H6O4/c1-22-10-12-23(13-11-22)20-18-5-3-2-4-15(18)6-7-16-8-9-17(21)14-19(16)20;5-3(6)1-2-4(7)8/h2-9,14,20H,10-13H2,1H3;1-2H2,(H,5,6)(H,7,8). The summed E-state index contributed by atoms with van der Waals surface area (Å²) in [6.45, 7) is 4.49. The molecule has 1 aliphatic carbocycles. The summed E-state index contributed by atoms with van der Waals surface area (Å²) >= 11 is 3.67. The Morgan fingerprint density at radius 1 is 0.903 bits per heavy atom. The van der Waals surface area contributed by atoms with Crippen LogP contribution in [-0.4, -0.2) is 65.2 Å². The van der Waals surface area contributed by atoms with Gasteiger partial charge in [0.05, 0.1) is 18.9 Å². The molecule has 0 amide bonds. The summed E-state index contributed by atoms with van der Waals surface area (Å²) in [6.07, 6.45) is 3.93. The number of hydrogen-bond donors (Lipinski definition) is 2. The van der Waals surface area contributed by atoms with Crippen molar-refractivity contribution in [3.05, 3.63) is 69.2 Å². The zero-order valence-electron chi connectivity index (χ0n) is 17.5. The highest BCUT2D eigenvalue weighted by Gasteiger charge is 2.29. The van der Waals surface area contributed by atoms with Crippen LogP contribution in [0.15, 0.2) is 46.9 Å². The number of fused-ring (bicyclic) bond motifs is 2. The number of rotatable bonds is 4. The predicted molar refractivity (Wildman–Crippen MR) is 125 cm³/mol. The van der Waals surface area contributed by atoms with Gasteiger partial charge in [-0.2, -0.15) is 0 Å². The van der Waals surface area contributed by atoms with Crippen molar-refractivity contribution in [3.8, 4) is 0 Å². The predicted octanol–water partition coefficient (Wildman–Crippen LogP) is 4.21. The van der Waals surface area contributed by atoms with Crippen LogP contribution in [0.1, 0.15) is 41.1 Å². The first-order valence-electron chi connectivity index (χ1n) is 10.3. The lowest BCUT2D eigenvalue weighted by atomic mass is 9.92. The van der Waals surface area contributed by atoms with Crippen LogP contribution in [0.4, 0.5) is 0 Å². The van der Waals surface area contributed by atoms with E-state index >= 15 is 0 Å². The van der Waals surface area contributed by atoms with Gasteiger partial charge in [0.1, 0.15) is 0 Å². The molecule has 4 rings (SSSR count). The molecule has 0 spiro atoms. The smallest absolute Gasteiger partial charge is 0.303 e. The molecule has 2 aliphatic rings. The Balaban J connectivity index is 0.000000293. The van der Waals surface area contributed by atoms with Crippen LogP contribution >= 0.6 is 15.9 Å². The molecule has 1 heterocycles. The van der Waals surface area contributed by atoms with Gasteiger partial charge < -0.3 is 15.1 Å². The van der Waals surface area contributed by atoms with Crippen molar-refractivity contribution in [1.29, 1.82) is 0 Å². The minimum Gasteiger partial charge on any atom is -0.481 e. The van der Waals surface area contributed by atoms with Gasteiger partial charge >= 0.3 is 11.9 Å². The molecule has 1 unspecified atom stereocenters. The number of likely N-dealkylation sites (N-methyl/N-ethyl adjacent to an activating group) is 1. The van der Waals surface area contributed by atoms with Crippen molar-refractivity contribution in [2.45, 2.75) is 18.9 Å². The minimum atomic E-state index is -1.08. The molecule has 0 bridgehead atoms. The van der Waals surface area contributed by atoms with Gasteiger partial charge in [0.2, 0.25) is 0 Å². The zero-order chi connectivity index (χ0) is 22.4. The van der Waals surface area contributed by atoms with E-state index in [0.29, 0.717) is 6.04 Å². The lowest BCUT2D eigenvalue weighted by Crippen LogP contribution is -2.46. The van der Waals surface area contributed by atoms with Crippen LogP contribution in [0, 0.1) is 0 Å². The van der Waals surface area contributed by atoms with E-state index in [1.165, 1.54) is 22.3 Å². The summed E-state index contributed by atoms with van der Waals surface area (Å²) in [5.74, 6) is -2.15. The van der Waals surface area contributed by atoms with E-state index in [0.717, 1.165) is 30.7 Å². The van der Waals surface area contributed by atoms with Crippen molar-refractivity contribution < 1.29 is 19.8 Å². The van der Waals surface area contributed by atoms with E-state index < -0.39 is 11.9 Å². The van der Waals surface area contributed by atoms with Gasteiger partial charge in [-0.15, -0.1) is 0 Å². The quantitative estimate of drug-likeness (QED) is 0.673. The number of carbonyl (C=O) groups is 2. The van der Waals surface area contributed by atoms with Crippen LogP contribution in [-0.2, 0) is 9.59 Å². The number of nitrogens with zero attached hydrogens (tertiary/aromatic N) is 2. The second kappa shape index (κ2) is 10.7. The molecule has 1 saturated heterocycles. The van der Waals surface area contributed by atoms with E-state index in [1.807, 2.05) is 0 Å². The van der Waals surface area contributed by atoms with E-state index in [1.54, 1.807) is 0 Å². The van der Waals surface area contributed by atoms with Gasteiger partial charge in [0, 0.05) is 30.7 Å². The van der Waals surface area contributed by atoms with E-state index in [4.69, 9.17) is 10.2 Å². The third-order valence-corrected chi connectivity index (χ3v) is 6.03. The third kappa shape index (κ3) is 6.26. The first-order chi connectivity index (χ1) is 14.8. The van der Waals surface area contributed by atoms with Gasteiger partial charge in [0.25, 0.3) is 0 Å². The fourth-order valence-electron chi connectivity index (χ4n) is 3.88. The molecule has 2 aromatic rings. The number of hydrogen-bond acceptors (Lipinski definition) is 4. The SMILES string of the molecule is CN1CCN(C2c3ccccc3C=Cc3ccc(Br)cc32)CC1.O=C(O)CCC(=O)O. The maximum absolute atomic E-state index is 9.64. The van der Waals surface area contributed by atoms with E-state index in [2.05, 4.69) is 87.4 Å². The Labute approximate surface area is 190 Å². The van der Waals surface area contributed by atoms with Crippen LogP contribution < -0.4 is 0 Å². The molecule has 1 fully saturated rings. The fourth-order valence-corrected chi connectivity index (χ4v) is 4.26. The van der Waals surface area contributed by atoms with Crippen LogP contribution in [0.5, 0.6) is 0 Å². The summed E-state index contributed by atoms with van der Waals surface area (Å²) in [6, 6.07) is 15.8. The van der Waals surface area contributed by atoms with Gasteiger partial charge in [0.15, 0.2) is 0 Å². The Kier molecular flexibility index (Phi) is 8.01. The molecule has 31 heavy (non-hydrogen) atoms. The molecule has 1 atom stereocenters. The monoisotopic (exact) mass is 486 g/mol. The third-order valence-electron chi connectivity index (χ3n) is 5.53. The molecule has 7 heteroatoms. The Hall–Kier alpha value is -2.48.